The number of hydrogen-bond acceptors (Lipinski definition) is 4. The molecular formula is C20H40O4Si2. The van der Waals surface area contributed by atoms with Gasteiger partial charge in [-0.3, -0.25) is 0 Å². The highest BCUT2D eigenvalue weighted by Gasteiger charge is 2.63. The molecule has 1 saturated carbocycles. The third-order valence-electron chi connectivity index (χ3n) is 7.50. The van der Waals surface area contributed by atoms with Crippen molar-refractivity contribution in [3.05, 3.63) is 0 Å². The Bertz CT molecular complexity index is 531. The Hall–Kier alpha value is 0.274. The molecule has 0 N–H and O–H groups in total. The molecule has 0 aromatic heterocycles. The van der Waals surface area contributed by atoms with Crippen LogP contribution in [0.5, 0.6) is 0 Å². The van der Waals surface area contributed by atoms with Crippen molar-refractivity contribution in [2.75, 3.05) is 6.61 Å². The summed E-state index contributed by atoms with van der Waals surface area (Å²) >= 11 is 0. The molecule has 3 rings (SSSR count). The van der Waals surface area contributed by atoms with E-state index >= 15 is 0 Å². The molecule has 0 aromatic rings. The van der Waals surface area contributed by atoms with E-state index in [4.69, 9.17) is 18.3 Å². The molecule has 1 unspecified atom stereocenters. The smallest absolute Gasteiger partial charge is 0.192 e. The Balaban J connectivity index is 1.74. The molecule has 0 amide bonds. The Morgan fingerprint density at radius 2 is 1.31 bits per heavy atom. The maximum absolute atomic E-state index is 6.85. The molecule has 6 atom stereocenters. The highest BCUT2D eigenvalue weighted by molar-refractivity contribution is 6.74. The zero-order valence-corrected chi connectivity index (χ0v) is 20.5. The van der Waals surface area contributed by atoms with Gasteiger partial charge in [0.05, 0.1) is 24.9 Å². The summed E-state index contributed by atoms with van der Waals surface area (Å²) < 4.78 is 25.5. The highest BCUT2D eigenvalue weighted by atomic mass is 28.4. The maximum atomic E-state index is 6.85. The molecule has 6 heteroatoms. The van der Waals surface area contributed by atoms with Crippen molar-refractivity contribution in [2.24, 2.45) is 5.92 Å². The average molecular weight is 401 g/mol. The van der Waals surface area contributed by atoms with Gasteiger partial charge in [0, 0.05) is 5.92 Å². The Labute approximate surface area is 162 Å². The summed E-state index contributed by atoms with van der Waals surface area (Å²) in [5.74, 6) is 0.405. The van der Waals surface area contributed by atoms with Gasteiger partial charge in [-0.25, -0.2) is 0 Å². The van der Waals surface area contributed by atoms with E-state index in [2.05, 4.69) is 67.7 Å². The van der Waals surface area contributed by atoms with Crippen LogP contribution in [-0.2, 0) is 18.3 Å². The summed E-state index contributed by atoms with van der Waals surface area (Å²) in [6.45, 7) is 24.1. The first-order valence-electron chi connectivity index (χ1n) is 10.3. The van der Waals surface area contributed by atoms with Crippen LogP contribution in [0.25, 0.3) is 0 Å². The van der Waals surface area contributed by atoms with E-state index < -0.39 is 16.6 Å². The first kappa shape index (κ1) is 21.0. The molecule has 2 saturated heterocycles. The zero-order valence-electron chi connectivity index (χ0n) is 18.5. The van der Waals surface area contributed by atoms with Crippen molar-refractivity contribution >= 4 is 16.6 Å². The Morgan fingerprint density at radius 1 is 0.808 bits per heavy atom. The molecular weight excluding hydrogens is 360 g/mol. The van der Waals surface area contributed by atoms with E-state index in [-0.39, 0.29) is 34.5 Å². The topological polar surface area (TPSA) is 43.5 Å². The lowest BCUT2D eigenvalue weighted by atomic mass is 9.83. The maximum Gasteiger partial charge on any atom is 0.192 e. The van der Waals surface area contributed by atoms with Gasteiger partial charge in [0.1, 0.15) is 12.2 Å². The number of rotatable bonds is 5. The molecule has 152 valence electrons. The third kappa shape index (κ3) is 4.01. The summed E-state index contributed by atoms with van der Waals surface area (Å²) in [5.41, 5.74) is 0. The number of hydrogen-bond donors (Lipinski definition) is 0. The largest absolute Gasteiger partial charge is 0.411 e. The Kier molecular flexibility index (Phi) is 5.16. The van der Waals surface area contributed by atoms with Crippen molar-refractivity contribution in [3.63, 3.8) is 0 Å². The number of fused-ring (bicyclic) bond motifs is 1. The summed E-state index contributed by atoms with van der Waals surface area (Å²) in [7, 11) is -3.64. The van der Waals surface area contributed by atoms with Crippen molar-refractivity contribution in [2.45, 2.75) is 115 Å². The van der Waals surface area contributed by atoms with Crippen molar-refractivity contribution in [3.8, 4) is 0 Å². The average Bonchev–Trinajstić information content (AvgIpc) is 3.32. The van der Waals surface area contributed by atoms with Crippen LogP contribution >= 0.6 is 0 Å². The van der Waals surface area contributed by atoms with E-state index in [9.17, 15) is 0 Å². The summed E-state index contributed by atoms with van der Waals surface area (Å²) in [6.07, 6.45) is 2.13. The second-order valence-corrected chi connectivity index (χ2v) is 21.1. The first-order valence-corrected chi connectivity index (χ1v) is 16.1. The van der Waals surface area contributed by atoms with Crippen LogP contribution in [0, 0.1) is 5.92 Å². The van der Waals surface area contributed by atoms with Gasteiger partial charge in [0.2, 0.25) is 0 Å². The molecule has 0 aromatic carbocycles. The fraction of sp³-hybridized carbons (Fsp3) is 1.00. The van der Waals surface area contributed by atoms with Gasteiger partial charge in [0.25, 0.3) is 0 Å². The summed E-state index contributed by atoms with van der Waals surface area (Å²) in [6, 6.07) is 0. The van der Waals surface area contributed by atoms with Crippen LogP contribution in [0.15, 0.2) is 0 Å². The summed E-state index contributed by atoms with van der Waals surface area (Å²) in [4.78, 5) is 0. The third-order valence-corrected chi connectivity index (χ3v) is 16.5. The van der Waals surface area contributed by atoms with Gasteiger partial charge in [-0.1, -0.05) is 41.5 Å². The highest BCUT2D eigenvalue weighted by Crippen LogP contribution is 2.51. The minimum absolute atomic E-state index is 0.174. The van der Waals surface area contributed by atoms with Gasteiger partial charge < -0.3 is 18.3 Å². The number of ether oxygens (including phenoxy) is 2. The predicted octanol–water partition coefficient (Wildman–Crippen LogP) is 4.95. The minimum Gasteiger partial charge on any atom is -0.411 e. The normalized spacial score (nSPS) is 38.1. The van der Waals surface area contributed by atoms with Crippen LogP contribution < -0.4 is 0 Å². The molecule has 26 heavy (non-hydrogen) atoms. The SMILES string of the molecule is CC(C)(C)[Si](C)(C)O[C@H]1[C@@H]2O[C@@H]2[C@@H](O[Si](C)(C)C(C)(C)C)C[C@@H]1C1CO1. The number of epoxide rings is 2. The van der Waals surface area contributed by atoms with Crippen LogP contribution in [0.2, 0.25) is 36.3 Å². The van der Waals surface area contributed by atoms with Crippen molar-refractivity contribution in [1.82, 2.24) is 0 Å². The van der Waals surface area contributed by atoms with Crippen molar-refractivity contribution < 1.29 is 18.3 Å². The van der Waals surface area contributed by atoms with Crippen LogP contribution in [0.3, 0.4) is 0 Å². The quantitative estimate of drug-likeness (QED) is 0.483. The van der Waals surface area contributed by atoms with E-state index in [0.717, 1.165) is 13.0 Å². The van der Waals surface area contributed by atoms with Crippen LogP contribution in [-0.4, -0.2) is 53.8 Å². The molecule has 4 nitrogen and oxygen atoms in total. The lowest BCUT2D eigenvalue weighted by Gasteiger charge is -2.44. The monoisotopic (exact) mass is 400 g/mol. The van der Waals surface area contributed by atoms with Crippen LogP contribution in [0.4, 0.5) is 0 Å². The molecule has 3 fully saturated rings. The first-order chi connectivity index (χ1) is 11.6. The van der Waals surface area contributed by atoms with Gasteiger partial charge in [-0.15, -0.1) is 0 Å². The second kappa shape index (κ2) is 6.39. The molecule has 0 spiro atoms. The molecule has 0 bridgehead atoms. The van der Waals surface area contributed by atoms with E-state index in [1.54, 1.807) is 0 Å². The zero-order chi connectivity index (χ0) is 19.7. The van der Waals surface area contributed by atoms with Crippen LogP contribution in [0.1, 0.15) is 48.0 Å². The fourth-order valence-corrected chi connectivity index (χ4v) is 6.17. The summed E-state index contributed by atoms with van der Waals surface area (Å²) in [5, 5.41) is 0.429. The Morgan fingerprint density at radius 3 is 1.77 bits per heavy atom. The molecule has 2 heterocycles. The van der Waals surface area contributed by atoms with E-state index in [1.807, 2.05) is 0 Å². The van der Waals surface area contributed by atoms with E-state index in [0.29, 0.717) is 12.0 Å². The lowest BCUT2D eigenvalue weighted by Crippen LogP contribution is -2.54. The van der Waals surface area contributed by atoms with Gasteiger partial charge in [-0.05, 0) is 42.7 Å². The second-order valence-electron chi connectivity index (χ2n) is 11.6. The standard InChI is InChI=1S/C20H40O4Si2/c1-19(2,3)25(7,8)23-14-11-13(15-12-21-15)16(18-17(14)22-18)24-26(9,10)20(4,5)6/h13-18H,11-12H2,1-10H3/t13-,14+,15?,16-,17-,18+/m1/s1. The minimum atomic E-state index is -1.83. The fourth-order valence-electron chi connectivity index (χ4n) is 3.49. The predicted molar refractivity (Wildman–Crippen MR) is 111 cm³/mol. The molecule has 0 radical (unpaired) electrons. The lowest BCUT2D eigenvalue weighted by molar-refractivity contribution is 0.0285. The van der Waals surface area contributed by atoms with Gasteiger partial charge >= 0.3 is 0 Å². The molecule has 2 aliphatic heterocycles. The van der Waals surface area contributed by atoms with Gasteiger partial charge in [0.15, 0.2) is 16.6 Å². The van der Waals surface area contributed by atoms with Crippen molar-refractivity contribution in [1.29, 1.82) is 0 Å². The van der Waals surface area contributed by atoms with E-state index in [1.165, 1.54) is 0 Å². The molecule has 3 aliphatic rings. The van der Waals surface area contributed by atoms with Gasteiger partial charge in [-0.2, -0.15) is 0 Å². The molecule has 1 aliphatic carbocycles.